The molecule has 0 unspecified atom stereocenters. The first-order valence-corrected chi connectivity index (χ1v) is 10.4. The topological polar surface area (TPSA) is 82.0 Å². The zero-order valence-electron chi connectivity index (χ0n) is 15.2. The number of aliphatic imine (C=N–C) groups is 1. The molecule has 0 fully saturated rings. The molecule has 8 heteroatoms. The maximum absolute atomic E-state index is 12.4. The van der Waals surface area contributed by atoms with Crippen LogP contribution in [-0.4, -0.2) is 27.0 Å². The maximum atomic E-state index is 12.4. The van der Waals surface area contributed by atoms with Crippen LogP contribution in [0.15, 0.2) is 84.7 Å². The number of carbonyl (C=O) groups is 1. The van der Waals surface area contributed by atoms with Crippen LogP contribution >= 0.6 is 23.5 Å². The molecule has 2 aliphatic heterocycles. The van der Waals surface area contributed by atoms with Gasteiger partial charge in [-0.25, -0.2) is 0 Å². The van der Waals surface area contributed by atoms with Crippen LogP contribution in [0.1, 0.15) is 12.7 Å². The predicted molar refractivity (Wildman–Crippen MR) is 117 cm³/mol. The minimum atomic E-state index is -0.460. The van der Waals surface area contributed by atoms with Crippen LogP contribution in [0.4, 0.5) is 0 Å². The van der Waals surface area contributed by atoms with Crippen LogP contribution < -0.4 is 0 Å². The first kappa shape index (κ1) is 18.0. The molecule has 1 N–H and O–H groups in total. The van der Waals surface area contributed by atoms with E-state index >= 15 is 0 Å². The monoisotopic (exact) mass is 418 g/mol. The van der Waals surface area contributed by atoms with Gasteiger partial charge in [0.25, 0.3) is 5.91 Å². The van der Waals surface area contributed by atoms with E-state index in [1.54, 1.807) is 12.1 Å². The Hall–Kier alpha value is -3.10. The molecular formula is C21H14N4O2S2. The van der Waals surface area contributed by atoms with Crippen molar-refractivity contribution in [3.8, 4) is 0 Å². The number of furan rings is 1. The molecule has 6 nitrogen and oxygen atoms in total. The predicted octanol–water partition coefficient (Wildman–Crippen LogP) is 5.22. The lowest BCUT2D eigenvalue weighted by Crippen LogP contribution is -2.35. The van der Waals surface area contributed by atoms with E-state index in [9.17, 15) is 4.79 Å². The number of nitrogens with one attached hydrogen (secondary N) is 1. The summed E-state index contributed by atoms with van der Waals surface area (Å²) in [5.74, 6) is 0.0364. The molecule has 0 aliphatic carbocycles. The average Bonchev–Trinajstić information content (AvgIpc) is 3.31. The molecule has 0 atom stereocenters. The van der Waals surface area contributed by atoms with Crippen molar-refractivity contribution < 1.29 is 9.21 Å². The van der Waals surface area contributed by atoms with Crippen LogP contribution in [0.2, 0.25) is 0 Å². The van der Waals surface area contributed by atoms with Gasteiger partial charge in [-0.3, -0.25) is 10.2 Å². The van der Waals surface area contributed by atoms with Crippen molar-refractivity contribution in [1.82, 2.24) is 5.01 Å². The van der Waals surface area contributed by atoms with E-state index < -0.39 is 5.91 Å². The molecular weight excluding hydrogens is 404 g/mol. The lowest BCUT2D eigenvalue weighted by Gasteiger charge is -2.19. The van der Waals surface area contributed by atoms with E-state index in [0.29, 0.717) is 16.0 Å². The Kier molecular flexibility index (Phi) is 4.37. The Morgan fingerprint density at radius 2 is 1.97 bits per heavy atom. The molecule has 0 radical (unpaired) electrons. The molecule has 0 bridgehead atoms. The number of thioether (sulfide) groups is 1. The van der Waals surface area contributed by atoms with Crippen molar-refractivity contribution in [1.29, 1.82) is 5.41 Å². The molecule has 1 amide bonds. The van der Waals surface area contributed by atoms with Crippen molar-refractivity contribution >= 4 is 62.3 Å². The number of rotatable bonds is 3. The van der Waals surface area contributed by atoms with Crippen molar-refractivity contribution in [2.75, 3.05) is 0 Å². The van der Waals surface area contributed by atoms with E-state index in [0.717, 1.165) is 15.3 Å². The largest absolute Gasteiger partial charge is 0.450 e. The van der Waals surface area contributed by atoms with Crippen molar-refractivity contribution in [3.05, 3.63) is 65.9 Å². The molecule has 2 aromatic carbocycles. The zero-order chi connectivity index (χ0) is 20.0. The SMILES string of the molecule is CC1=NN2C(=N)/C(=C\c3ccc(Sc4cccc5ccccc45)o3)C(=O)N=C2S1. The molecule has 3 heterocycles. The Balaban J connectivity index is 1.43. The highest BCUT2D eigenvalue weighted by Gasteiger charge is 2.34. The number of benzene rings is 2. The summed E-state index contributed by atoms with van der Waals surface area (Å²) < 4.78 is 5.90. The second kappa shape index (κ2) is 7.06. The van der Waals surface area contributed by atoms with E-state index in [1.807, 2.05) is 31.2 Å². The van der Waals surface area contributed by atoms with Gasteiger partial charge in [0.05, 0.1) is 10.6 Å². The van der Waals surface area contributed by atoms with Gasteiger partial charge in [-0.1, -0.05) is 48.2 Å². The number of carbonyl (C=O) groups excluding carboxylic acids is 1. The highest BCUT2D eigenvalue weighted by molar-refractivity contribution is 8.26. The first-order valence-electron chi connectivity index (χ1n) is 8.81. The summed E-state index contributed by atoms with van der Waals surface area (Å²) in [4.78, 5) is 17.5. The van der Waals surface area contributed by atoms with Gasteiger partial charge in [-0.2, -0.15) is 15.1 Å². The number of fused-ring (bicyclic) bond motifs is 2. The first-order chi connectivity index (χ1) is 14.1. The summed E-state index contributed by atoms with van der Waals surface area (Å²) >= 11 is 2.80. The average molecular weight is 419 g/mol. The molecule has 3 aromatic rings. The number of hydrogen-bond donors (Lipinski definition) is 1. The highest BCUT2D eigenvalue weighted by Crippen LogP contribution is 2.35. The molecule has 0 saturated heterocycles. The Bertz CT molecular complexity index is 1270. The molecule has 0 saturated carbocycles. The molecule has 5 rings (SSSR count). The van der Waals surface area contributed by atoms with Gasteiger partial charge in [-0.05, 0) is 53.7 Å². The minimum absolute atomic E-state index is 0.00371. The summed E-state index contributed by atoms with van der Waals surface area (Å²) in [6.07, 6.45) is 1.55. The molecule has 2 aliphatic rings. The Labute approximate surface area is 174 Å². The van der Waals surface area contributed by atoms with E-state index in [-0.39, 0.29) is 11.4 Å². The summed E-state index contributed by atoms with van der Waals surface area (Å²) in [7, 11) is 0. The maximum Gasteiger partial charge on any atom is 0.283 e. The highest BCUT2D eigenvalue weighted by atomic mass is 32.2. The third-order valence-electron chi connectivity index (χ3n) is 4.40. The van der Waals surface area contributed by atoms with Gasteiger partial charge in [0.1, 0.15) is 5.76 Å². The van der Waals surface area contributed by atoms with Crippen LogP contribution in [0.25, 0.3) is 16.8 Å². The summed E-state index contributed by atoms with van der Waals surface area (Å²) in [6, 6.07) is 18.0. The third-order valence-corrected chi connectivity index (χ3v) is 6.22. The number of nitrogens with zero attached hydrogens (tertiary/aromatic N) is 3. The van der Waals surface area contributed by atoms with Crippen molar-refractivity contribution in [3.63, 3.8) is 0 Å². The van der Waals surface area contributed by atoms with E-state index in [4.69, 9.17) is 9.83 Å². The number of amides is 1. The molecule has 29 heavy (non-hydrogen) atoms. The summed E-state index contributed by atoms with van der Waals surface area (Å²) in [5.41, 5.74) is 0.156. The number of hydrazone groups is 1. The number of hydrogen-bond acceptors (Lipinski definition) is 6. The number of amidine groups is 2. The van der Waals surface area contributed by atoms with E-state index in [1.165, 1.54) is 33.9 Å². The van der Waals surface area contributed by atoms with Gasteiger partial charge >= 0.3 is 0 Å². The molecule has 1 aromatic heterocycles. The van der Waals surface area contributed by atoms with Crippen molar-refractivity contribution in [2.24, 2.45) is 10.1 Å². The van der Waals surface area contributed by atoms with Gasteiger partial charge in [0.15, 0.2) is 10.9 Å². The van der Waals surface area contributed by atoms with Crippen LogP contribution in [0.3, 0.4) is 0 Å². The molecule has 142 valence electrons. The Morgan fingerprint density at radius 1 is 1.14 bits per heavy atom. The standard InChI is InChI=1S/C21H14N4O2S2/c1-12-24-25-19(22)16(20(26)23-21(25)28-12)11-14-9-10-18(27-14)29-17-8-4-6-13-5-2-3-7-15(13)17/h2-11,22H,1H3/b16-11+,22-19?. The lowest BCUT2D eigenvalue weighted by molar-refractivity contribution is -0.114. The lowest BCUT2D eigenvalue weighted by atomic mass is 10.1. The molecule has 0 spiro atoms. The van der Waals surface area contributed by atoms with Gasteiger partial charge in [-0.15, -0.1) is 0 Å². The van der Waals surface area contributed by atoms with Crippen LogP contribution in [-0.2, 0) is 4.79 Å². The van der Waals surface area contributed by atoms with Crippen molar-refractivity contribution in [2.45, 2.75) is 16.9 Å². The van der Waals surface area contributed by atoms with E-state index in [2.05, 4.69) is 34.4 Å². The second-order valence-electron chi connectivity index (χ2n) is 6.38. The fourth-order valence-corrected chi connectivity index (χ4v) is 4.76. The van der Waals surface area contributed by atoms with Gasteiger partial charge in [0, 0.05) is 4.90 Å². The Morgan fingerprint density at radius 3 is 2.86 bits per heavy atom. The minimum Gasteiger partial charge on any atom is -0.450 e. The smallest absolute Gasteiger partial charge is 0.283 e. The third kappa shape index (κ3) is 3.30. The normalized spacial score (nSPS) is 17.7. The van der Waals surface area contributed by atoms with Gasteiger partial charge < -0.3 is 4.42 Å². The second-order valence-corrected chi connectivity index (χ2v) is 8.58. The van der Waals surface area contributed by atoms with Gasteiger partial charge in [0.2, 0.25) is 5.17 Å². The fraction of sp³-hybridized carbons (Fsp3) is 0.0476. The van der Waals surface area contributed by atoms with Crippen LogP contribution in [0.5, 0.6) is 0 Å². The quantitative estimate of drug-likeness (QED) is 0.590. The summed E-state index contributed by atoms with van der Waals surface area (Å²) in [6.45, 7) is 1.82. The zero-order valence-corrected chi connectivity index (χ0v) is 16.9. The fourth-order valence-electron chi connectivity index (χ4n) is 3.09. The summed E-state index contributed by atoms with van der Waals surface area (Å²) in [5, 5.41) is 18.1. The van der Waals surface area contributed by atoms with Crippen LogP contribution in [0, 0.1) is 5.41 Å².